The fraction of sp³-hybridized carbons (Fsp3) is 0.706. The van der Waals surface area contributed by atoms with Crippen LogP contribution in [0.15, 0.2) is 18.3 Å². The number of pyridine rings is 1. The van der Waals surface area contributed by atoms with E-state index in [1.54, 1.807) is 10.9 Å². The fourth-order valence-electron chi connectivity index (χ4n) is 2.15. The van der Waals surface area contributed by atoms with Gasteiger partial charge in [0.25, 0.3) is 0 Å². The monoisotopic (exact) mass is 343 g/mol. The van der Waals surface area contributed by atoms with E-state index in [4.69, 9.17) is 32.0 Å². The van der Waals surface area contributed by atoms with Gasteiger partial charge in [-0.05, 0) is 50.7 Å². The summed E-state index contributed by atoms with van der Waals surface area (Å²) >= 11 is 5.38. The van der Waals surface area contributed by atoms with Crippen LogP contribution in [0.4, 0.5) is 0 Å². The number of aliphatic hydroxyl groups excluding tert-OH is 2. The first kappa shape index (κ1) is 19.9. The van der Waals surface area contributed by atoms with Gasteiger partial charge in [-0.15, -0.1) is 0 Å². The summed E-state index contributed by atoms with van der Waals surface area (Å²) in [6.45, 7) is 1.74. The molecule has 0 fully saturated rings. The van der Waals surface area contributed by atoms with E-state index in [1.165, 1.54) is 0 Å². The van der Waals surface area contributed by atoms with Crippen LogP contribution in [0.3, 0.4) is 0 Å². The topological polar surface area (TPSA) is 63.9 Å². The van der Waals surface area contributed by atoms with Crippen LogP contribution < -0.4 is 9.57 Å². The second-order valence-electron chi connectivity index (χ2n) is 5.46. The molecule has 0 bridgehead atoms. The summed E-state index contributed by atoms with van der Waals surface area (Å²) in [5, 5.41) is 17.5. The smallest absolute Gasteiger partial charge is 0.184 e. The Morgan fingerprint density at radius 3 is 2.13 bits per heavy atom. The number of aromatic nitrogens is 1. The van der Waals surface area contributed by atoms with E-state index in [9.17, 15) is 0 Å². The highest BCUT2D eigenvalue weighted by molar-refractivity contribution is 7.71. The highest BCUT2D eigenvalue weighted by atomic mass is 32.1. The summed E-state index contributed by atoms with van der Waals surface area (Å²) in [6.07, 6.45) is 9.52. The van der Waals surface area contributed by atoms with Gasteiger partial charge in [0.05, 0.1) is 6.61 Å². The number of unbranched alkanes of at least 4 members (excludes halogenated alkanes) is 6. The van der Waals surface area contributed by atoms with E-state index >= 15 is 0 Å². The molecule has 0 saturated heterocycles. The lowest BCUT2D eigenvalue weighted by molar-refractivity contribution is 0.0991. The predicted molar refractivity (Wildman–Crippen MR) is 93.3 cm³/mol. The zero-order valence-electron chi connectivity index (χ0n) is 13.8. The van der Waals surface area contributed by atoms with E-state index in [1.807, 2.05) is 12.1 Å². The quantitative estimate of drug-likeness (QED) is 0.401. The van der Waals surface area contributed by atoms with Crippen molar-refractivity contribution in [1.82, 2.24) is 4.73 Å². The maximum absolute atomic E-state index is 8.73. The molecule has 0 spiro atoms. The Hall–Kier alpha value is -1.11. The number of nitrogens with zero attached hydrogens (tertiary/aromatic N) is 1. The first-order chi connectivity index (χ1) is 11.3. The molecule has 0 aromatic carbocycles. The minimum Gasteiger partial charge on any atom is -0.490 e. The normalized spacial score (nSPS) is 10.7. The molecule has 132 valence electrons. The summed E-state index contributed by atoms with van der Waals surface area (Å²) in [6, 6.07) is 3.72. The van der Waals surface area contributed by atoms with Crippen molar-refractivity contribution in [2.75, 3.05) is 26.4 Å². The van der Waals surface area contributed by atoms with Gasteiger partial charge in [0, 0.05) is 19.4 Å². The molecule has 0 aliphatic rings. The molecule has 1 heterocycles. The SMILES string of the molecule is OCCCCCCOc1cccn(OCCCCCCO)c1=S. The molecule has 0 unspecified atom stereocenters. The third-order valence-corrected chi connectivity index (χ3v) is 3.85. The summed E-state index contributed by atoms with van der Waals surface area (Å²) in [5.41, 5.74) is 0. The van der Waals surface area contributed by atoms with Crippen LogP contribution >= 0.6 is 12.2 Å². The maximum Gasteiger partial charge on any atom is 0.184 e. The zero-order valence-corrected chi connectivity index (χ0v) is 14.6. The van der Waals surface area contributed by atoms with Gasteiger partial charge in [0.1, 0.15) is 6.61 Å². The largest absolute Gasteiger partial charge is 0.490 e. The predicted octanol–water partition coefficient (Wildman–Crippen LogP) is 3.13. The van der Waals surface area contributed by atoms with Gasteiger partial charge in [-0.25, -0.2) is 0 Å². The van der Waals surface area contributed by atoms with Gasteiger partial charge in [-0.1, -0.05) is 25.1 Å². The molecule has 6 heteroatoms. The average Bonchev–Trinajstić information content (AvgIpc) is 2.56. The lowest BCUT2D eigenvalue weighted by Gasteiger charge is -2.12. The standard InChI is InChI=1S/C17H29NO4S/c19-12-5-1-3-7-14-21-16-10-9-11-18(17(16)23)22-15-8-4-2-6-13-20/h9-11,19-20H,1-8,12-15H2. The molecular formula is C17H29NO4S. The van der Waals surface area contributed by atoms with E-state index in [2.05, 4.69) is 0 Å². The molecule has 0 aliphatic heterocycles. The van der Waals surface area contributed by atoms with Crippen LogP contribution in [0.5, 0.6) is 5.75 Å². The lowest BCUT2D eigenvalue weighted by Crippen LogP contribution is -2.14. The number of hydrogen-bond acceptors (Lipinski definition) is 5. The lowest BCUT2D eigenvalue weighted by atomic mass is 10.2. The van der Waals surface area contributed by atoms with Crippen molar-refractivity contribution in [1.29, 1.82) is 0 Å². The maximum atomic E-state index is 8.73. The van der Waals surface area contributed by atoms with Crippen molar-refractivity contribution in [3.8, 4) is 5.75 Å². The molecule has 5 nitrogen and oxygen atoms in total. The molecule has 1 aromatic rings. The summed E-state index contributed by atoms with van der Waals surface area (Å²) in [5.74, 6) is 0.671. The van der Waals surface area contributed by atoms with Crippen LogP contribution in [0.25, 0.3) is 0 Å². The first-order valence-electron chi connectivity index (χ1n) is 8.49. The Labute approximate surface area is 143 Å². The number of ether oxygens (including phenoxy) is 1. The first-order valence-corrected chi connectivity index (χ1v) is 8.90. The highest BCUT2D eigenvalue weighted by Crippen LogP contribution is 2.13. The van der Waals surface area contributed by atoms with Crippen molar-refractivity contribution in [3.05, 3.63) is 23.0 Å². The summed E-state index contributed by atoms with van der Waals surface area (Å²) in [7, 11) is 0. The van der Waals surface area contributed by atoms with Crippen molar-refractivity contribution >= 4 is 12.2 Å². The van der Waals surface area contributed by atoms with Crippen LogP contribution in [0.1, 0.15) is 51.4 Å². The van der Waals surface area contributed by atoms with Crippen LogP contribution in [-0.2, 0) is 0 Å². The molecule has 0 amide bonds. The van der Waals surface area contributed by atoms with Crippen molar-refractivity contribution < 1.29 is 19.8 Å². The van der Waals surface area contributed by atoms with Crippen LogP contribution in [0, 0.1) is 4.64 Å². The molecule has 23 heavy (non-hydrogen) atoms. The Balaban J connectivity index is 2.29. The Kier molecular flexibility index (Phi) is 11.6. The van der Waals surface area contributed by atoms with Gasteiger partial charge in [0.15, 0.2) is 10.4 Å². The third-order valence-electron chi connectivity index (χ3n) is 3.47. The summed E-state index contributed by atoms with van der Waals surface area (Å²) < 4.78 is 7.86. The fourth-order valence-corrected chi connectivity index (χ4v) is 2.39. The summed E-state index contributed by atoms with van der Waals surface area (Å²) in [4.78, 5) is 5.66. The van der Waals surface area contributed by atoms with Crippen LogP contribution in [-0.4, -0.2) is 41.4 Å². The van der Waals surface area contributed by atoms with Crippen molar-refractivity contribution in [2.45, 2.75) is 51.4 Å². The Morgan fingerprint density at radius 1 is 0.870 bits per heavy atom. The second-order valence-corrected chi connectivity index (χ2v) is 5.85. The minimum absolute atomic E-state index is 0.255. The highest BCUT2D eigenvalue weighted by Gasteiger charge is 2.02. The molecular weight excluding hydrogens is 314 g/mol. The number of aliphatic hydroxyl groups is 2. The molecule has 0 saturated carbocycles. The number of hydrogen-bond donors (Lipinski definition) is 2. The van der Waals surface area contributed by atoms with E-state index < -0.39 is 0 Å². The molecule has 0 radical (unpaired) electrons. The van der Waals surface area contributed by atoms with Gasteiger partial charge >= 0.3 is 0 Å². The molecule has 1 rings (SSSR count). The van der Waals surface area contributed by atoms with Gasteiger partial charge in [0.2, 0.25) is 0 Å². The van der Waals surface area contributed by atoms with Gasteiger partial charge in [-0.3, -0.25) is 0 Å². The zero-order chi connectivity index (χ0) is 16.8. The second kappa shape index (κ2) is 13.3. The Bertz CT molecular complexity index is 427. The van der Waals surface area contributed by atoms with Crippen molar-refractivity contribution in [2.24, 2.45) is 0 Å². The van der Waals surface area contributed by atoms with Gasteiger partial charge in [-0.2, -0.15) is 4.73 Å². The average molecular weight is 343 g/mol. The molecule has 2 N–H and O–H groups in total. The van der Waals surface area contributed by atoms with E-state index in [0.29, 0.717) is 23.6 Å². The van der Waals surface area contributed by atoms with Crippen LogP contribution in [0.2, 0.25) is 0 Å². The number of rotatable bonds is 14. The molecule has 0 atom stereocenters. The molecule has 0 aliphatic carbocycles. The van der Waals surface area contributed by atoms with E-state index in [-0.39, 0.29) is 13.2 Å². The van der Waals surface area contributed by atoms with Crippen molar-refractivity contribution in [3.63, 3.8) is 0 Å². The third kappa shape index (κ3) is 8.93. The Morgan fingerprint density at radius 2 is 1.48 bits per heavy atom. The van der Waals surface area contributed by atoms with Gasteiger partial charge < -0.3 is 19.8 Å². The van der Waals surface area contributed by atoms with E-state index in [0.717, 1.165) is 51.4 Å². The molecule has 1 aromatic heterocycles. The minimum atomic E-state index is 0.255.